The van der Waals surface area contributed by atoms with Gasteiger partial charge in [-0.05, 0) is 6.07 Å². The van der Waals surface area contributed by atoms with Crippen LogP contribution in [-0.4, -0.2) is 12.3 Å². The summed E-state index contributed by atoms with van der Waals surface area (Å²) < 4.78 is 36.4. The number of hydrogen-bond donors (Lipinski definition) is 1. The van der Waals surface area contributed by atoms with Crippen LogP contribution in [0, 0.1) is 5.82 Å². The predicted octanol–water partition coefficient (Wildman–Crippen LogP) is 1.71. The Morgan fingerprint density at radius 1 is 1.36 bits per heavy atom. The van der Waals surface area contributed by atoms with E-state index in [0.717, 1.165) is 0 Å². The van der Waals surface area contributed by atoms with Crippen molar-refractivity contribution in [1.29, 1.82) is 0 Å². The summed E-state index contributed by atoms with van der Waals surface area (Å²) in [6.07, 6.45) is -3.07. The number of alkyl halides is 2. The fourth-order valence-electron chi connectivity index (χ4n) is 0.901. The van der Waals surface area contributed by atoms with E-state index in [-0.39, 0.29) is 12.1 Å². The van der Waals surface area contributed by atoms with Crippen molar-refractivity contribution in [3.63, 3.8) is 0 Å². The number of carbonyl (C=O) groups is 1. The Balaban J connectivity index is 2.54. The smallest absolute Gasteiger partial charge is 0.315 e. The van der Waals surface area contributed by atoms with Crippen LogP contribution in [0.25, 0.3) is 0 Å². The van der Waals surface area contributed by atoms with Crippen molar-refractivity contribution in [1.82, 2.24) is 5.32 Å². The largest absolute Gasteiger partial charge is 0.347 e. The van der Waals surface area contributed by atoms with Crippen LogP contribution in [0.3, 0.4) is 0 Å². The second kappa shape index (κ2) is 4.64. The molecule has 0 heterocycles. The number of rotatable bonds is 3. The lowest BCUT2D eigenvalue weighted by atomic mass is 10.2. The number of amides is 1. The van der Waals surface area contributed by atoms with Gasteiger partial charge >= 0.3 is 6.43 Å². The van der Waals surface area contributed by atoms with Crippen molar-refractivity contribution < 1.29 is 18.0 Å². The summed E-state index contributed by atoms with van der Waals surface area (Å²) in [6.45, 7) is -0.226. The van der Waals surface area contributed by atoms with Crippen LogP contribution in [0.1, 0.15) is 5.56 Å². The molecule has 1 aromatic carbocycles. The average molecular weight is 203 g/mol. The molecule has 0 aliphatic heterocycles. The molecule has 5 heteroatoms. The fraction of sp³-hybridized carbons (Fsp3) is 0.222. The molecule has 14 heavy (non-hydrogen) atoms. The van der Waals surface area contributed by atoms with Crippen LogP contribution in [-0.2, 0) is 11.3 Å². The molecule has 0 spiro atoms. The Morgan fingerprint density at radius 2 is 2.00 bits per heavy atom. The molecule has 0 aliphatic carbocycles. The molecule has 0 aliphatic rings. The van der Waals surface area contributed by atoms with E-state index in [4.69, 9.17) is 0 Å². The maximum Gasteiger partial charge on any atom is 0.315 e. The third-order valence-corrected chi connectivity index (χ3v) is 1.61. The van der Waals surface area contributed by atoms with Gasteiger partial charge in [-0.15, -0.1) is 0 Å². The SMILES string of the molecule is O=C(NCc1ccccc1F)C(F)F. The quantitative estimate of drug-likeness (QED) is 0.796. The zero-order valence-corrected chi connectivity index (χ0v) is 7.14. The summed E-state index contributed by atoms with van der Waals surface area (Å²) in [4.78, 5) is 10.4. The molecule has 0 bridgehead atoms. The van der Waals surface area contributed by atoms with Gasteiger partial charge in [-0.25, -0.2) is 4.39 Å². The van der Waals surface area contributed by atoms with Gasteiger partial charge in [0.15, 0.2) is 0 Å². The van der Waals surface area contributed by atoms with Gasteiger partial charge in [0.05, 0.1) is 0 Å². The van der Waals surface area contributed by atoms with Crippen LogP contribution >= 0.6 is 0 Å². The summed E-state index contributed by atoms with van der Waals surface area (Å²) in [5, 5.41) is 1.91. The Hall–Kier alpha value is -1.52. The first-order valence-corrected chi connectivity index (χ1v) is 3.90. The maximum absolute atomic E-state index is 12.9. The zero-order chi connectivity index (χ0) is 10.6. The highest BCUT2D eigenvalue weighted by Crippen LogP contribution is 2.05. The monoisotopic (exact) mass is 203 g/mol. The van der Waals surface area contributed by atoms with E-state index in [0.29, 0.717) is 0 Å². The molecule has 76 valence electrons. The highest BCUT2D eigenvalue weighted by Gasteiger charge is 2.14. The van der Waals surface area contributed by atoms with E-state index in [1.54, 1.807) is 6.07 Å². The standard InChI is InChI=1S/C9H8F3NO/c10-7-4-2-1-3-6(7)5-13-9(14)8(11)12/h1-4,8H,5H2,(H,13,14). The van der Waals surface area contributed by atoms with Crippen molar-refractivity contribution in [3.8, 4) is 0 Å². The Bertz CT molecular complexity index is 328. The van der Waals surface area contributed by atoms with Crippen LogP contribution in [0.15, 0.2) is 24.3 Å². The van der Waals surface area contributed by atoms with Gasteiger partial charge < -0.3 is 5.32 Å². The minimum absolute atomic E-state index is 0.182. The molecule has 1 aromatic rings. The van der Waals surface area contributed by atoms with Gasteiger partial charge in [0.25, 0.3) is 5.91 Å². The Morgan fingerprint density at radius 3 is 2.57 bits per heavy atom. The van der Waals surface area contributed by atoms with E-state index < -0.39 is 18.1 Å². The second-order valence-corrected chi connectivity index (χ2v) is 2.61. The molecule has 0 saturated heterocycles. The van der Waals surface area contributed by atoms with Gasteiger partial charge in [0.2, 0.25) is 0 Å². The first-order chi connectivity index (χ1) is 6.61. The lowest BCUT2D eigenvalue weighted by Gasteiger charge is -2.04. The van der Waals surface area contributed by atoms with Crippen LogP contribution in [0.5, 0.6) is 0 Å². The topological polar surface area (TPSA) is 29.1 Å². The van der Waals surface area contributed by atoms with E-state index in [9.17, 15) is 18.0 Å². The average Bonchev–Trinajstić information content (AvgIpc) is 2.16. The molecule has 0 fully saturated rings. The lowest BCUT2D eigenvalue weighted by molar-refractivity contribution is -0.131. The van der Waals surface area contributed by atoms with Gasteiger partial charge in [0, 0.05) is 12.1 Å². The predicted molar refractivity (Wildman–Crippen MR) is 44.3 cm³/mol. The third-order valence-electron chi connectivity index (χ3n) is 1.61. The van der Waals surface area contributed by atoms with Gasteiger partial charge in [0.1, 0.15) is 5.82 Å². The molecule has 1 rings (SSSR count). The molecule has 1 amide bonds. The summed E-state index contributed by atoms with van der Waals surface area (Å²) in [6, 6.07) is 5.66. The van der Waals surface area contributed by atoms with Crippen molar-refractivity contribution >= 4 is 5.91 Å². The lowest BCUT2D eigenvalue weighted by Crippen LogP contribution is -2.29. The van der Waals surface area contributed by atoms with E-state index in [2.05, 4.69) is 0 Å². The van der Waals surface area contributed by atoms with Crippen molar-refractivity contribution in [2.24, 2.45) is 0 Å². The molecule has 0 atom stereocenters. The highest BCUT2D eigenvalue weighted by molar-refractivity contribution is 5.78. The first kappa shape index (κ1) is 10.6. The zero-order valence-electron chi connectivity index (χ0n) is 7.14. The Labute approximate surface area is 78.7 Å². The molecular formula is C9H8F3NO. The van der Waals surface area contributed by atoms with Crippen molar-refractivity contribution in [3.05, 3.63) is 35.6 Å². The maximum atomic E-state index is 12.9. The summed E-state index contributed by atoms with van der Waals surface area (Å²) in [5.74, 6) is -1.92. The van der Waals surface area contributed by atoms with Gasteiger partial charge in [-0.3, -0.25) is 4.79 Å². The Kier molecular flexibility index (Phi) is 3.50. The van der Waals surface area contributed by atoms with Gasteiger partial charge in [-0.1, -0.05) is 18.2 Å². The van der Waals surface area contributed by atoms with Crippen LogP contribution in [0.4, 0.5) is 13.2 Å². The minimum atomic E-state index is -3.07. The normalized spacial score (nSPS) is 10.3. The van der Waals surface area contributed by atoms with E-state index in [1.807, 2.05) is 5.32 Å². The van der Waals surface area contributed by atoms with Crippen LogP contribution < -0.4 is 5.32 Å². The van der Waals surface area contributed by atoms with Gasteiger partial charge in [-0.2, -0.15) is 8.78 Å². The summed E-state index contributed by atoms with van der Waals surface area (Å²) in [5.41, 5.74) is 0.182. The third kappa shape index (κ3) is 2.76. The van der Waals surface area contributed by atoms with Crippen molar-refractivity contribution in [2.75, 3.05) is 0 Å². The fourth-order valence-corrected chi connectivity index (χ4v) is 0.901. The molecule has 0 saturated carbocycles. The molecule has 0 unspecified atom stereocenters. The molecular weight excluding hydrogens is 195 g/mol. The first-order valence-electron chi connectivity index (χ1n) is 3.90. The number of halogens is 3. The molecule has 2 nitrogen and oxygen atoms in total. The molecule has 0 radical (unpaired) electrons. The summed E-state index contributed by atoms with van der Waals surface area (Å²) >= 11 is 0. The summed E-state index contributed by atoms with van der Waals surface area (Å²) in [7, 11) is 0. The number of hydrogen-bond acceptors (Lipinski definition) is 1. The van der Waals surface area contributed by atoms with Crippen molar-refractivity contribution in [2.45, 2.75) is 13.0 Å². The number of benzene rings is 1. The van der Waals surface area contributed by atoms with E-state index in [1.165, 1.54) is 18.2 Å². The highest BCUT2D eigenvalue weighted by atomic mass is 19.3. The molecule has 1 N–H and O–H groups in total. The van der Waals surface area contributed by atoms with E-state index >= 15 is 0 Å². The second-order valence-electron chi connectivity index (χ2n) is 2.61. The molecule has 0 aromatic heterocycles. The van der Waals surface area contributed by atoms with Crippen LogP contribution in [0.2, 0.25) is 0 Å². The number of carbonyl (C=O) groups excluding carboxylic acids is 1. The minimum Gasteiger partial charge on any atom is -0.347 e. The number of nitrogens with one attached hydrogen (secondary N) is 1.